The van der Waals surface area contributed by atoms with E-state index in [2.05, 4.69) is 5.32 Å². The second-order valence-corrected chi connectivity index (χ2v) is 7.49. The van der Waals surface area contributed by atoms with Crippen molar-refractivity contribution in [2.45, 2.75) is 6.92 Å². The number of hydrogen-bond acceptors (Lipinski definition) is 3. The lowest BCUT2D eigenvalue weighted by atomic mass is 10.1. The Bertz CT molecular complexity index is 1220. The molecule has 0 radical (unpaired) electrons. The van der Waals surface area contributed by atoms with E-state index in [0.717, 1.165) is 16.3 Å². The highest BCUT2D eigenvalue weighted by atomic mass is 35.5. The number of anilines is 1. The zero-order chi connectivity index (χ0) is 21.4. The van der Waals surface area contributed by atoms with Gasteiger partial charge in [0, 0.05) is 17.6 Å². The molecular formula is C22H15Cl2N3O3. The van der Waals surface area contributed by atoms with Gasteiger partial charge in [-0.2, -0.15) is 0 Å². The first-order valence-electron chi connectivity index (χ1n) is 8.96. The maximum absolute atomic E-state index is 13.0. The molecule has 2 aromatic carbocycles. The summed E-state index contributed by atoms with van der Waals surface area (Å²) in [5.74, 6) is -1.50. The standard InChI is InChI=1S/C22H15Cl2N3O3/c1-13-9-14(12-26(13)15-5-3-2-4-6-15)10-17-20(28)25-22(30)27(21(17)29)16-7-8-18(23)19(24)11-16/h2-12H,1H3,(H,25,28,30)/b17-10-. The Morgan fingerprint density at radius 2 is 1.63 bits per heavy atom. The first-order valence-corrected chi connectivity index (χ1v) is 9.71. The molecule has 150 valence electrons. The summed E-state index contributed by atoms with van der Waals surface area (Å²) in [6.07, 6.45) is 3.28. The summed E-state index contributed by atoms with van der Waals surface area (Å²) in [5.41, 5.74) is 2.58. The Labute approximate surface area is 182 Å². The van der Waals surface area contributed by atoms with Crippen LogP contribution in [-0.4, -0.2) is 22.4 Å². The summed E-state index contributed by atoms with van der Waals surface area (Å²) in [4.78, 5) is 38.6. The van der Waals surface area contributed by atoms with Gasteiger partial charge in [0.05, 0.1) is 15.7 Å². The van der Waals surface area contributed by atoms with E-state index in [4.69, 9.17) is 23.2 Å². The maximum atomic E-state index is 13.0. The van der Waals surface area contributed by atoms with Crippen LogP contribution in [0.15, 0.2) is 66.4 Å². The molecule has 1 aromatic heterocycles. The molecular weight excluding hydrogens is 425 g/mol. The number of amides is 4. The molecule has 0 bridgehead atoms. The highest BCUT2D eigenvalue weighted by molar-refractivity contribution is 6.43. The van der Waals surface area contributed by atoms with Gasteiger partial charge in [0.25, 0.3) is 11.8 Å². The number of hydrogen-bond donors (Lipinski definition) is 1. The Morgan fingerprint density at radius 1 is 0.900 bits per heavy atom. The molecule has 8 heteroatoms. The SMILES string of the molecule is Cc1cc(/C=C2/C(=O)NC(=O)N(c3ccc(Cl)c(Cl)c3)C2=O)cn1-c1ccccc1. The number of nitrogens with zero attached hydrogens (tertiary/aromatic N) is 2. The van der Waals surface area contributed by atoms with Gasteiger partial charge < -0.3 is 4.57 Å². The van der Waals surface area contributed by atoms with Crippen LogP contribution < -0.4 is 10.2 Å². The van der Waals surface area contributed by atoms with Crippen molar-refractivity contribution >= 4 is 52.8 Å². The summed E-state index contributed by atoms with van der Waals surface area (Å²) >= 11 is 11.9. The molecule has 0 atom stereocenters. The number of aryl methyl sites for hydroxylation is 1. The summed E-state index contributed by atoms with van der Waals surface area (Å²) in [7, 11) is 0. The van der Waals surface area contributed by atoms with Gasteiger partial charge in [0.15, 0.2) is 0 Å². The number of nitrogens with one attached hydrogen (secondary N) is 1. The largest absolute Gasteiger partial charge is 0.335 e. The highest BCUT2D eigenvalue weighted by Gasteiger charge is 2.37. The number of halogens is 2. The molecule has 0 saturated carbocycles. The average molecular weight is 440 g/mol. The number of benzene rings is 2. The van der Waals surface area contributed by atoms with Crippen LogP contribution in [0.1, 0.15) is 11.3 Å². The number of urea groups is 1. The number of rotatable bonds is 3. The Balaban J connectivity index is 1.72. The number of para-hydroxylation sites is 1. The number of barbiturate groups is 1. The van der Waals surface area contributed by atoms with Crippen LogP contribution in [0, 0.1) is 6.92 Å². The fraction of sp³-hybridized carbons (Fsp3) is 0.0455. The van der Waals surface area contributed by atoms with Gasteiger partial charge in [0.1, 0.15) is 5.57 Å². The molecule has 1 fully saturated rings. The second kappa shape index (κ2) is 7.82. The van der Waals surface area contributed by atoms with Gasteiger partial charge in [-0.05, 0) is 55.0 Å². The van der Waals surface area contributed by atoms with Gasteiger partial charge in [-0.15, -0.1) is 0 Å². The lowest BCUT2D eigenvalue weighted by Crippen LogP contribution is -2.54. The topological polar surface area (TPSA) is 71.4 Å². The number of aromatic nitrogens is 1. The predicted molar refractivity (Wildman–Crippen MR) is 116 cm³/mol. The third-order valence-electron chi connectivity index (χ3n) is 4.64. The molecule has 3 aromatic rings. The molecule has 1 N–H and O–H groups in total. The Morgan fingerprint density at radius 3 is 2.33 bits per heavy atom. The molecule has 1 saturated heterocycles. The number of imide groups is 2. The van der Waals surface area contributed by atoms with Crippen LogP contribution in [0.2, 0.25) is 10.0 Å². The fourth-order valence-corrected chi connectivity index (χ4v) is 3.52. The van der Waals surface area contributed by atoms with Gasteiger partial charge >= 0.3 is 6.03 Å². The molecule has 1 aliphatic rings. The molecule has 2 heterocycles. The van der Waals surface area contributed by atoms with E-state index in [1.54, 1.807) is 0 Å². The molecule has 4 rings (SSSR count). The van der Waals surface area contributed by atoms with Crippen LogP contribution in [0.5, 0.6) is 0 Å². The molecule has 4 amide bonds. The van der Waals surface area contributed by atoms with E-state index < -0.39 is 17.8 Å². The van der Waals surface area contributed by atoms with Crippen molar-refractivity contribution < 1.29 is 14.4 Å². The van der Waals surface area contributed by atoms with Crippen LogP contribution >= 0.6 is 23.2 Å². The van der Waals surface area contributed by atoms with Gasteiger partial charge in [-0.3, -0.25) is 14.9 Å². The highest BCUT2D eigenvalue weighted by Crippen LogP contribution is 2.29. The van der Waals surface area contributed by atoms with Crippen LogP contribution in [-0.2, 0) is 9.59 Å². The van der Waals surface area contributed by atoms with E-state index in [9.17, 15) is 14.4 Å². The number of carbonyl (C=O) groups excluding carboxylic acids is 3. The maximum Gasteiger partial charge on any atom is 0.335 e. The lowest BCUT2D eigenvalue weighted by molar-refractivity contribution is -0.122. The quantitative estimate of drug-likeness (QED) is 0.472. The molecule has 1 aliphatic heterocycles. The van der Waals surface area contributed by atoms with Crippen molar-refractivity contribution in [2.24, 2.45) is 0 Å². The Hall–Kier alpha value is -3.35. The average Bonchev–Trinajstić information content (AvgIpc) is 3.08. The third-order valence-corrected chi connectivity index (χ3v) is 5.38. The van der Waals surface area contributed by atoms with Gasteiger partial charge in [0.2, 0.25) is 0 Å². The number of carbonyl (C=O) groups is 3. The van der Waals surface area contributed by atoms with Crippen LogP contribution in [0.3, 0.4) is 0 Å². The molecule has 0 spiro atoms. The van der Waals surface area contributed by atoms with E-state index in [0.29, 0.717) is 5.56 Å². The normalized spacial score (nSPS) is 15.6. The minimum absolute atomic E-state index is 0.161. The van der Waals surface area contributed by atoms with Gasteiger partial charge in [-0.25, -0.2) is 9.69 Å². The Kier molecular flexibility index (Phi) is 5.20. The molecule has 30 heavy (non-hydrogen) atoms. The molecule has 0 aliphatic carbocycles. The monoisotopic (exact) mass is 439 g/mol. The van der Waals surface area contributed by atoms with Gasteiger partial charge in [-0.1, -0.05) is 41.4 Å². The fourth-order valence-electron chi connectivity index (χ4n) is 3.23. The lowest BCUT2D eigenvalue weighted by Gasteiger charge is -2.26. The van der Waals surface area contributed by atoms with Crippen molar-refractivity contribution in [3.05, 3.63) is 87.7 Å². The summed E-state index contributed by atoms with van der Waals surface area (Å²) < 4.78 is 1.94. The first kappa shape index (κ1) is 19.9. The molecule has 6 nitrogen and oxygen atoms in total. The van der Waals surface area contributed by atoms with E-state index in [1.165, 1.54) is 24.3 Å². The van der Waals surface area contributed by atoms with Crippen molar-refractivity contribution in [3.8, 4) is 5.69 Å². The first-order chi connectivity index (χ1) is 14.3. The van der Waals surface area contributed by atoms with E-state index in [-0.39, 0.29) is 21.3 Å². The van der Waals surface area contributed by atoms with Crippen molar-refractivity contribution in [3.63, 3.8) is 0 Å². The van der Waals surface area contributed by atoms with Crippen molar-refractivity contribution in [1.82, 2.24) is 9.88 Å². The zero-order valence-corrected chi connectivity index (χ0v) is 17.2. The van der Waals surface area contributed by atoms with Crippen molar-refractivity contribution in [2.75, 3.05) is 4.90 Å². The minimum Gasteiger partial charge on any atom is -0.321 e. The van der Waals surface area contributed by atoms with Crippen molar-refractivity contribution in [1.29, 1.82) is 0 Å². The van der Waals surface area contributed by atoms with Crippen LogP contribution in [0.25, 0.3) is 11.8 Å². The summed E-state index contributed by atoms with van der Waals surface area (Å²) in [6.45, 7) is 1.92. The second-order valence-electron chi connectivity index (χ2n) is 6.68. The summed E-state index contributed by atoms with van der Waals surface area (Å²) in [6, 6.07) is 15.0. The predicted octanol–water partition coefficient (Wildman–Crippen LogP) is 4.76. The van der Waals surface area contributed by atoms with Crippen LogP contribution in [0.4, 0.5) is 10.5 Å². The van der Waals surface area contributed by atoms with E-state index >= 15 is 0 Å². The smallest absolute Gasteiger partial charge is 0.321 e. The third kappa shape index (κ3) is 3.63. The summed E-state index contributed by atoms with van der Waals surface area (Å²) in [5, 5.41) is 2.67. The van der Waals surface area contributed by atoms with E-state index in [1.807, 2.05) is 54.1 Å². The molecule has 0 unspecified atom stereocenters. The zero-order valence-electron chi connectivity index (χ0n) is 15.7. The minimum atomic E-state index is -0.849.